The van der Waals surface area contributed by atoms with Gasteiger partial charge in [-0.05, 0) is 26.2 Å². The van der Waals surface area contributed by atoms with Crippen LogP contribution in [0.25, 0.3) is 0 Å². The molecule has 2 aromatic rings. The van der Waals surface area contributed by atoms with E-state index in [1.807, 2.05) is 31.1 Å². The van der Waals surface area contributed by atoms with Gasteiger partial charge >= 0.3 is 0 Å². The highest BCUT2D eigenvalue weighted by atomic mass is 35.5. The third-order valence-electron chi connectivity index (χ3n) is 5.28. The molecule has 164 valence electrons. The summed E-state index contributed by atoms with van der Waals surface area (Å²) in [5.74, 6) is 0.883. The number of piperazine rings is 1. The summed E-state index contributed by atoms with van der Waals surface area (Å²) in [7, 11) is 5.61. The van der Waals surface area contributed by atoms with E-state index in [4.69, 9.17) is 16.3 Å². The van der Waals surface area contributed by atoms with Crippen LogP contribution in [0.3, 0.4) is 0 Å². The second-order valence-corrected chi connectivity index (χ2v) is 8.04. The fourth-order valence-electron chi connectivity index (χ4n) is 3.43. The number of methoxy groups -OCH3 is 1. The second kappa shape index (κ2) is 10.7. The van der Waals surface area contributed by atoms with Crippen molar-refractivity contribution in [1.29, 1.82) is 0 Å². The van der Waals surface area contributed by atoms with Gasteiger partial charge in [0.05, 0.1) is 25.5 Å². The van der Waals surface area contributed by atoms with Crippen molar-refractivity contribution < 1.29 is 4.74 Å². The van der Waals surface area contributed by atoms with Crippen LogP contribution in [0.2, 0.25) is 5.02 Å². The van der Waals surface area contributed by atoms with Crippen LogP contribution >= 0.6 is 11.6 Å². The molecule has 0 unspecified atom stereocenters. The molecule has 1 N–H and O–H groups in total. The highest BCUT2D eigenvalue weighted by Gasteiger charge is 2.17. The highest BCUT2D eigenvalue weighted by Crippen LogP contribution is 2.22. The Labute approximate surface area is 183 Å². The number of benzene rings is 1. The van der Waals surface area contributed by atoms with Gasteiger partial charge in [0.25, 0.3) is 5.56 Å². The predicted octanol–water partition coefficient (Wildman–Crippen LogP) is 1.70. The van der Waals surface area contributed by atoms with Gasteiger partial charge in [-0.15, -0.1) is 0 Å². The first-order valence-corrected chi connectivity index (χ1v) is 10.6. The Bertz CT molecular complexity index is 880. The second-order valence-electron chi connectivity index (χ2n) is 7.66. The lowest BCUT2D eigenvalue weighted by atomic mass is 10.2. The largest absolute Gasteiger partial charge is 0.497 e. The number of rotatable bonds is 9. The minimum absolute atomic E-state index is 0.201. The first-order valence-electron chi connectivity index (χ1n) is 10.2. The summed E-state index contributed by atoms with van der Waals surface area (Å²) in [6, 6.07) is 8.19. The Balaban J connectivity index is 1.46. The van der Waals surface area contributed by atoms with Crippen molar-refractivity contribution in [3.8, 4) is 5.75 Å². The average molecular weight is 435 g/mol. The molecule has 1 aromatic heterocycles. The van der Waals surface area contributed by atoms with E-state index in [9.17, 15) is 4.79 Å². The number of nitrogens with one attached hydrogen (secondary N) is 1. The topological polar surface area (TPSA) is 65.9 Å². The summed E-state index contributed by atoms with van der Waals surface area (Å²) >= 11 is 6.27. The molecule has 3 rings (SSSR count). The van der Waals surface area contributed by atoms with Crippen LogP contribution in [0.15, 0.2) is 35.3 Å². The predicted molar refractivity (Wildman–Crippen MR) is 122 cm³/mol. The zero-order valence-corrected chi connectivity index (χ0v) is 18.7. The molecular weight excluding hydrogens is 404 g/mol. The van der Waals surface area contributed by atoms with Crippen LogP contribution in [0.1, 0.15) is 0 Å². The van der Waals surface area contributed by atoms with E-state index in [1.54, 1.807) is 13.3 Å². The lowest BCUT2D eigenvalue weighted by Gasteiger charge is -2.36. The molecule has 1 aromatic carbocycles. The summed E-state index contributed by atoms with van der Waals surface area (Å²) < 4.78 is 6.73. The third kappa shape index (κ3) is 5.87. The van der Waals surface area contributed by atoms with Crippen molar-refractivity contribution in [2.45, 2.75) is 6.54 Å². The highest BCUT2D eigenvalue weighted by molar-refractivity contribution is 6.32. The number of nitrogens with zero attached hydrogens (tertiary/aromatic N) is 5. The van der Waals surface area contributed by atoms with Crippen LogP contribution in [-0.4, -0.2) is 86.6 Å². The van der Waals surface area contributed by atoms with E-state index in [1.165, 1.54) is 10.4 Å². The molecule has 8 nitrogen and oxygen atoms in total. The van der Waals surface area contributed by atoms with E-state index in [0.29, 0.717) is 18.8 Å². The van der Waals surface area contributed by atoms with Gasteiger partial charge in [0.15, 0.2) is 0 Å². The number of hydrogen-bond acceptors (Lipinski definition) is 7. The molecule has 0 amide bonds. The Morgan fingerprint density at radius 2 is 1.97 bits per heavy atom. The fourth-order valence-corrected chi connectivity index (χ4v) is 3.64. The Kier molecular flexibility index (Phi) is 7.95. The summed E-state index contributed by atoms with van der Waals surface area (Å²) in [5.41, 5.74) is 1.54. The lowest BCUT2D eigenvalue weighted by molar-refractivity contribution is 0.267. The number of hydrogen-bond donors (Lipinski definition) is 1. The summed E-state index contributed by atoms with van der Waals surface area (Å²) in [4.78, 5) is 19.2. The molecule has 1 saturated heterocycles. The molecule has 0 spiro atoms. The standard InChI is InChI=1S/C21H31ClN6O2/c1-25(2)9-14-28-21(29)20(22)19(16-24-28)23-7-8-26-10-12-27(13-11-26)17-5-4-6-18(15-17)30-3/h4-6,15-16,23H,7-14H2,1-3H3. The Morgan fingerprint density at radius 3 is 2.67 bits per heavy atom. The van der Waals surface area contributed by atoms with E-state index >= 15 is 0 Å². The minimum atomic E-state index is -0.254. The van der Waals surface area contributed by atoms with E-state index in [0.717, 1.165) is 45.0 Å². The van der Waals surface area contributed by atoms with Gasteiger partial charge in [-0.2, -0.15) is 5.10 Å². The summed E-state index contributed by atoms with van der Waals surface area (Å²) in [6.45, 7) is 6.75. The molecule has 1 aliphatic heterocycles. The fraction of sp³-hybridized carbons (Fsp3) is 0.524. The molecule has 9 heteroatoms. The van der Waals surface area contributed by atoms with Crippen LogP contribution in [0.5, 0.6) is 5.75 Å². The van der Waals surface area contributed by atoms with Crippen LogP contribution < -0.4 is 20.5 Å². The van der Waals surface area contributed by atoms with Crippen molar-refractivity contribution in [3.63, 3.8) is 0 Å². The molecule has 2 heterocycles. The smallest absolute Gasteiger partial charge is 0.287 e. The zero-order chi connectivity index (χ0) is 21.5. The van der Waals surface area contributed by atoms with Crippen LogP contribution in [0, 0.1) is 0 Å². The third-order valence-corrected chi connectivity index (χ3v) is 5.64. The van der Waals surface area contributed by atoms with Crippen molar-refractivity contribution in [2.24, 2.45) is 0 Å². The maximum Gasteiger partial charge on any atom is 0.287 e. The molecule has 0 aliphatic carbocycles. The van der Waals surface area contributed by atoms with Gasteiger partial charge in [-0.1, -0.05) is 17.7 Å². The number of ether oxygens (including phenoxy) is 1. The van der Waals surface area contributed by atoms with Crippen LogP contribution in [0.4, 0.5) is 11.4 Å². The first kappa shape index (κ1) is 22.4. The van der Waals surface area contributed by atoms with Crippen molar-refractivity contribution >= 4 is 23.0 Å². The number of likely N-dealkylation sites (N-methyl/N-ethyl adjacent to an activating group) is 1. The van der Waals surface area contributed by atoms with Crippen molar-refractivity contribution in [3.05, 3.63) is 45.8 Å². The van der Waals surface area contributed by atoms with E-state index in [2.05, 4.69) is 32.3 Å². The maximum atomic E-state index is 12.4. The number of halogens is 1. The normalized spacial score (nSPS) is 14.9. The molecule has 0 atom stereocenters. The summed E-state index contributed by atoms with van der Waals surface area (Å²) in [6.07, 6.45) is 1.64. The van der Waals surface area contributed by atoms with E-state index < -0.39 is 0 Å². The van der Waals surface area contributed by atoms with E-state index in [-0.39, 0.29) is 10.6 Å². The maximum absolute atomic E-state index is 12.4. The van der Waals surface area contributed by atoms with Gasteiger partial charge in [-0.3, -0.25) is 9.69 Å². The minimum Gasteiger partial charge on any atom is -0.497 e. The van der Waals surface area contributed by atoms with Gasteiger partial charge in [0.2, 0.25) is 0 Å². The first-order chi connectivity index (χ1) is 14.5. The SMILES string of the molecule is COc1cccc(N2CCN(CCNc3cnn(CCN(C)C)c(=O)c3Cl)CC2)c1. The lowest BCUT2D eigenvalue weighted by Crippen LogP contribution is -2.47. The monoisotopic (exact) mass is 434 g/mol. The Hall–Kier alpha value is -2.29. The van der Waals surface area contributed by atoms with Crippen LogP contribution in [-0.2, 0) is 6.54 Å². The van der Waals surface area contributed by atoms with Crippen molar-refractivity contribution in [2.75, 3.05) is 77.2 Å². The van der Waals surface area contributed by atoms with Gasteiger partial charge < -0.3 is 19.9 Å². The molecule has 30 heavy (non-hydrogen) atoms. The molecule has 0 radical (unpaired) electrons. The number of anilines is 2. The molecule has 1 fully saturated rings. The average Bonchev–Trinajstić information content (AvgIpc) is 2.76. The molecular formula is C21H31ClN6O2. The molecule has 1 aliphatic rings. The van der Waals surface area contributed by atoms with Gasteiger partial charge in [0.1, 0.15) is 10.8 Å². The Morgan fingerprint density at radius 1 is 1.20 bits per heavy atom. The zero-order valence-electron chi connectivity index (χ0n) is 18.0. The molecule has 0 saturated carbocycles. The number of aromatic nitrogens is 2. The quantitative estimate of drug-likeness (QED) is 0.644. The molecule has 0 bridgehead atoms. The summed E-state index contributed by atoms with van der Waals surface area (Å²) in [5, 5.41) is 7.70. The van der Waals surface area contributed by atoms with Crippen molar-refractivity contribution in [1.82, 2.24) is 19.6 Å². The van der Waals surface area contributed by atoms with Gasteiger partial charge in [0, 0.05) is 57.6 Å². The van der Waals surface area contributed by atoms with Gasteiger partial charge in [-0.25, -0.2) is 4.68 Å².